The molecule has 1 amide bonds. The van der Waals surface area contributed by atoms with Crippen LogP contribution >= 0.6 is 11.6 Å². The summed E-state index contributed by atoms with van der Waals surface area (Å²) in [5.41, 5.74) is -0.161. The minimum Gasteiger partial charge on any atom is -0.466 e. The number of sulfonamides is 1. The molecular weight excluding hydrogens is 452 g/mol. The Morgan fingerprint density at radius 1 is 1.19 bits per heavy atom. The van der Waals surface area contributed by atoms with E-state index >= 15 is 0 Å². The largest absolute Gasteiger partial charge is 0.466 e. The van der Waals surface area contributed by atoms with Crippen molar-refractivity contribution < 1.29 is 37.0 Å². The van der Waals surface area contributed by atoms with E-state index in [-0.39, 0.29) is 60.7 Å². The smallest absolute Gasteiger partial charge is 0.340 e. The Kier molecular flexibility index (Phi) is 9.69. The predicted octanol–water partition coefficient (Wildman–Crippen LogP) is 0.977. The van der Waals surface area contributed by atoms with Crippen LogP contribution in [0, 0.1) is 0 Å². The molecule has 0 bridgehead atoms. The Morgan fingerprint density at radius 2 is 1.90 bits per heavy atom. The normalized spacial score (nSPS) is 14.6. The number of nitrogens with zero attached hydrogens (tertiary/aromatic N) is 1. The number of nitrogens with one attached hydrogen (secondary N) is 1. The van der Waals surface area contributed by atoms with Crippen molar-refractivity contribution in [1.82, 2.24) is 9.62 Å². The fourth-order valence-electron chi connectivity index (χ4n) is 2.71. The van der Waals surface area contributed by atoms with E-state index < -0.39 is 28.5 Å². The molecule has 0 radical (unpaired) electrons. The molecule has 1 aromatic carbocycles. The van der Waals surface area contributed by atoms with Crippen LogP contribution < -0.4 is 5.32 Å². The standard InChI is InChI=1S/C19H25ClN2O8S/c1-2-29-18(24)4-3-7-21-17(23)13-30-19(25)15-12-14(5-6-16(15)20)31(26,27)22-8-10-28-11-9-22/h5-6,12H,2-4,7-11,13H2,1H3,(H,21,23). The van der Waals surface area contributed by atoms with E-state index in [0.717, 1.165) is 6.07 Å². The molecule has 12 heteroatoms. The molecule has 1 N–H and O–H groups in total. The van der Waals surface area contributed by atoms with Crippen LogP contribution in [0.3, 0.4) is 0 Å². The maximum absolute atomic E-state index is 12.8. The van der Waals surface area contributed by atoms with Gasteiger partial charge >= 0.3 is 11.9 Å². The van der Waals surface area contributed by atoms with Crippen LogP contribution in [0.2, 0.25) is 5.02 Å². The monoisotopic (exact) mass is 476 g/mol. The third-order valence-electron chi connectivity index (χ3n) is 4.29. The van der Waals surface area contributed by atoms with Crippen LogP contribution in [0.25, 0.3) is 0 Å². The van der Waals surface area contributed by atoms with Crippen molar-refractivity contribution in [2.75, 3.05) is 46.1 Å². The van der Waals surface area contributed by atoms with Gasteiger partial charge in [0.25, 0.3) is 5.91 Å². The molecule has 0 aromatic heterocycles. The molecule has 0 aliphatic carbocycles. The molecular formula is C19H25ClN2O8S. The summed E-state index contributed by atoms with van der Waals surface area (Å²) in [5, 5.41) is 2.51. The topological polar surface area (TPSA) is 128 Å². The van der Waals surface area contributed by atoms with Crippen molar-refractivity contribution in [2.24, 2.45) is 0 Å². The lowest BCUT2D eigenvalue weighted by Gasteiger charge is -2.26. The van der Waals surface area contributed by atoms with Gasteiger partial charge in [0.2, 0.25) is 10.0 Å². The van der Waals surface area contributed by atoms with Crippen molar-refractivity contribution in [1.29, 1.82) is 0 Å². The van der Waals surface area contributed by atoms with E-state index in [1.807, 2.05) is 0 Å². The highest BCUT2D eigenvalue weighted by Crippen LogP contribution is 2.24. The lowest BCUT2D eigenvalue weighted by molar-refractivity contribution is -0.143. The lowest BCUT2D eigenvalue weighted by atomic mass is 10.2. The van der Waals surface area contributed by atoms with Crippen molar-refractivity contribution in [3.8, 4) is 0 Å². The number of hydrogen-bond acceptors (Lipinski definition) is 8. The van der Waals surface area contributed by atoms with Gasteiger partial charge in [-0.15, -0.1) is 0 Å². The number of ether oxygens (including phenoxy) is 3. The summed E-state index contributed by atoms with van der Waals surface area (Å²) in [6.07, 6.45) is 0.541. The predicted molar refractivity (Wildman–Crippen MR) is 110 cm³/mol. The number of halogens is 1. The van der Waals surface area contributed by atoms with Gasteiger partial charge in [-0.25, -0.2) is 13.2 Å². The quantitative estimate of drug-likeness (QED) is 0.391. The van der Waals surface area contributed by atoms with Gasteiger partial charge in [-0.2, -0.15) is 4.31 Å². The summed E-state index contributed by atoms with van der Waals surface area (Å²) >= 11 is 6.03. The van der Waals surface area contributed by atoms with Gasteiger partial charge in [-0.3, -0.25) is 9.59 Å². The van der Waals surface area contributed by atoms with Gasteiger partial charge in [0.1, 0.15) is 0 Å². The third-order valence-corrected chi connectivity index (χ3v) is 6.51. The molecule has 1 fully saturated rings. The number of hydrogen-bond donors (Lipinski definition) is 1. The average Bonchev–Trinajstić information content (AvgIpc) is 2.76. The summed E-state index contributed by atoms with van der Waals surface area (Å²) in [5.74, 6) is -1.85. The summed E-state index contributed by atoms with van der Waals surface area (Å²) in [4.78, 5) is 35.3. The number of benzene rings is 1. The van der Waals surface area contributed by atoms with Crippen molar-refractivity contribution >= 4 is 39.5 Å². The van der Waals surface area contributed by atoms with E-state index in [2.05, 4.69) is 5.32 Å². The maximum atomic E-state index is 12.8. The molecule has 1 heterocycles. The Labute approximate surface area is 185 Å². The number of rotatable bonds is 10. The molecule has 0 spiro atoms. The van der Waals surface area contributed by atoms with Crippen LogP contribution in [-0.4, -0.2) is 76.6 Å². The SMILES string of the molecule is CCOC(=O)CCCNC(=O)COC(=O)c1cc(S(=O)(=O)N2CCOCC2)ccc1Cl. The van der Waals surface area contributed by atoms with Gasteiger partial charge < -0.3 is 19.5 Å². The van der Waals surface area contributed by atoms with Crippen molar-refractivity contribution in [3.63, 3.8) is 0 Å². The van der Waals surface area contributed by atoms with Crippen LogP contribution in [0.4, 0.5) is 0 Å². The summed E-state index contributed by atoms with van der Waals surface area (Å²) < 4.78 is 41.7. The lowest BCUT2D eigenvalue weighted by Crippen LogP contribution is -2.40. The summed E-state index contributed by atoms with van der Waals surface area (Å²) in [7, 11) is -3.82. The first-order valence-electron chi connectivity index (χ1n) is 9.72. The molecule has 0 unspecified atom stereocenters. The number of esters is 2. The van der Waals surface area contributed by atoms with Gasteiger partial charge in [0.05, 0.1) is 35.3 Å². The second kappa shape index (κ2) is 12.0. The van der Waals surface area contributed by atoms with Crippen molar-refractivity contribution in [3.05, 3.63) is 28.8 Å². The number of carbonyl (C=O) groups is 3. The molecule has 10 nitrogen and oxygen atoms in total. The zero-order valence-corrected chi connectivity index (χ0v) is 18.7. The second-order valence-corrected chi connectivity index (χ2v) is 8.84. The minimum atomic E-state index is -3.82. The second-order valence-electron chi connectivity index (χ2n) is 6.49. The van der Waals surface area contributed by atoms with E-state index in [0.29, 0.717) is 13.0 Å². The fourth-order valence-corrected chi connectivity index (χ4v) is 4.34. The third kappa shape index (κ3) is 7.46. The number of morpholine rings is 1. The zero-order valence-electron chi connectivity index (χ0n) is 17.1. The fraction of sp³-hybridized carbons (Fsp3) is 0.526. The molecule has 1 saturated heterocycles. The molecule has 1 aliphatic rings. The highest BCUT2D eigenvalue weighted by Gasteiger charge is 2.28. The van der Waals surface area contributed by atoms with E-state index in [1.165, 1.54) is 16.4 Å². The van der Waals surface area contributed by atoms with Gasteiger partial charge in [-0.05, 0) is 31.5 Å². The van der Waals surface area contributed by atoms with Crippen LogP contribution in [0.15, 0.2) is 23.1 Å². The molecule has 172 valence electrons. The Bertz CT molecular complexity index is 900. The van der Waals surface area contributed by atoms with E-state index in [4.69, 9.17) is 25.8 Å². The number of amides is 1. The Morgan fingerprint density at radius 3 is 2.58 bits per heavy atom. The van der Waals surface area contributed by atoms with Crippen molar-refractivity contribution in [2.45, 2.75) is 24.7 Å². The first-order chi connectivity index (χ1) is 14.8. The van der Waals surface area contributed by atoms with Crippen LogP contribution in [-0.2, 0) is 33.8 Å². The molecule has 0 saturated carbocycles. The minimum absolute atomic E-state index is 0.000715. The molecule has 0 atom stereocenters. The highest BCUT2D eigenvalue weighted by molar-refractivity contribution is 7.89. The Balaban J connectivity index is 1.91. The van der Waals surface area contributed by atoms with Gasteiger partial charge in [-0.1, -0.05) is 11.6 Å². The maximum Gasteiger partial charge on any atom is 0.340 e. The Hall–Kier alpha value is -2.21. The van der Waals surface area contributed by atoms with E-state index in [1.54, 1.807) is 6.92 Å². The first-order valence-corrected chi connectivity index (χ1v) is 11.5. The highest BCUT2D eigenvalue weighted by atomic mass is 35.5. The van der Waals surface area contributed by atoms with Crippen LogP contribution in [0.1, 0.15) is 30.1 Å². The molecule has 1 aromatic rings. The first kappa shape index (κ1) is 25.1. The average molecular weight is 477 g/mol. The van der Waals surface area contributed by atoms with Gasteiger partial charge in [0.15, 0.2) is 6.61 Å². The van der Waals surface area contributed by atoms with Crippen LogP contribution in [0.5, 0.6) is 0 Å². The molecule has 2 rings (SSSR count). The van der Waals surface area contributed by atoms with Gasteiger partial charge in [0, 0.05) is 26.1 Å². The summed E-state index contributed by atoms with van der Waals surface area (Å²) in [6, 6.07) is 3.73. The molecule has 1 aliphatic heterocycles. The van der Waals surface area contributed by atoms with E-state index in [9.17, 15) is 22.8 Å². The molecule has 31 heavy (non-hydrogen) atoms. The zero-order chi connectivity index (χ0) is 22.9. The number of carbonyl (C=O) groups excluding carboxylic acids is 3. The summed E-state index contributed by atoms with van der Waals surface area (Å²) in [6.45, 7) is 2.63.